The highest BCUT2D eigenvalue weighted by atomic mass is 16.5. The summed E-state index contributed by atoms with van der Waals surface area (Å²) < 4.78 is 5.18. The van der Waals surface area contributed by atoms with Gasteiger partial charge in [-0.15, -0.1) is 0 Å². The van der Waals surface area contributed by atoms with Crippen LogP contribution in [0, 0.1) is 6.92 Å². The van der Waals surface area contributed by atoms with Gasteiger partial charge in [0.2, 0.25) is 0 Å². The maximum Gasteiger partial charge on any atom is 0.254 e. The molecule has 2 heterocycles. The van der Waals surface area contributed by atoms with Crippen LogP contribution in [0.5, 0.6) is 0 Å². The fourth-order valence-electron chi connectivity index (χ4n) is 1.53. The first-order valence-electron chi connectivity index (χ1n) is 4.92. The number of hydrogen-bond donors (Lipinski definition) is 1. The molecule has 0 aromatic carbocycles. The molecule has 1 saturated heterocycles. The standard InChI is InChI=1S/C10H13N3O2/c1-7-9(4-11-6-12-7)10(14)13-8-2-3-15-5-8/h4,6,8H,2-3,5H2,1H3,(H,13,14). The fraction of sp³-hybridized carbons (Fsp3) is 0.500. The van der Waals surface area contributed by atoms with Crippen LogP contribution in [0.2, 0.25) is 0 Å². The Kier molecular flexibility index (Phi) is 2.91. The number of carbonyl (C=O) groups is 1. The molecule has 80 valence electrons. The van der Waals surface area contributed by atoms with Crippen molar-refractivity contribution in [3.8, 4) is 0 Å². The van der Waals surface area contributed by atoms with Gasteiger partial charge in [0.1, 0.15) is 6.33 Å². The number of amides is 1. The fourth-order valence-corrected chi connectivity index (χ4v) is 1.53. The van der Waals surface area contributed by atoms with Crippen molar-refractivity contribution in [3.63, 3.8) is 0 Å². The van der Waals surface area contributed by atoms with Crippen molar-refractivity contribution in [2.24, 2.45) is 0 Å². The van der Waals surface area contributed by atoms with E-state index in [1.807, 2.05) is 0 Å². The third kappa shape index (κ3) is 2.30. The lowest BCUT2D eigenvalue weighted by molar-refractivity contribution is 0.0928. The molecule has 2 rings (SSSR count). The van der Waals surface area contributed by atoms with E-state index in [4.69, 9.17) is 4.74 Å². The molecule has 0 spiro atoms. The third-order valence-electron chi connectivity index (χ3n) is 2.42. The van der Waals surface area contributed by atoms with E-state index in [-0.39, 0.29) is 11.9 Å². The first-order valence-corrected chi connectivity index (χ1v) is 4.92. The SMILES string of the molecule is Cc1ncncc1C(=O)NC1CCOC1. The van der Waals surface area contributed by atoms with Gasteiger partial charge in [-0.2, -0.15) is 0 Å². The van der Waals surface area contributed by atoms with E-state index < -0.39 is 0 Å². The molecule has 1 N–H and O–H groups in total. The van der Waals surface area contributed by atoms with Crippen LogP contribution in [0.15, 0.2) is 12.5 Å². The van der Waals surface area contributed by atoms with Gasteiger partial charge >= 0.3 is 0 Å². The van der Waals surface area contributed by atoms with Crippen molar-refractivity contribution >= 4 is 5.91 Å². The van der Waals surface area contributed by atoms with Crippen LogP contribution in [-0.4, -0.2) is 35.1 Å². The Balaban J connectivity index is 2.04. The van der Waals surface area contributed by atoms with Gasteiger partial charge in [-0.3, -0.25) is 4.79 Å². The van der Waals surface area contributed by atoms with Gasteiger partial charge in [0, 0.05) is 12.8 Å². The number of nitrogens with zero attached hydrogens (tertiary/aromatic N) is 2. The van der Waals surface area contributed by atoms with Crippen LogP contribution in [0.3, 0.4) is 0 Å². The summed E-state index contributed by atoms with van der Waals surface area (Å²) in [6.07, 6.45) is 3.84. The zero-order chi connectivity index (χ0) is 10.7. The first-order chi connectivity index (χ1) is 7.27. The average molecular weight is 207 g/mol. The predicted octanol–water partition coefficient (Wildman–Crippen LogP) is 0.304. The van der Waals surface area contributed by atoms with E-state index in [0.717, 1.165) is 13.0 Å². The maximum absolute atomic E-state index is 11.8. The van der Waals surface area contributed by atoms with Gasteiger partial charge in [-0.25, -0.2) is 9.97 Å². The molecule has 1 aromatic heterocycles. The Hall–Kier alpha value is -1.49. The number of aromatic nitrogens is 2. The first kappa shape index (κ1) is 10.0. The molecule has 5 nitrogen and oxygen atoms in total. The Morgan fingerprint density at radius 2 is 2.53 bits per heavy atom. The zero-order valence-corrected chi connectivity index (χ0v) is 8.56. The second-order valence-corrected chi connectivity index (χ2v) is 3.56. The van der Waals surface area contributed by atoms with E-state index in [1.165, 1.54) is 12.5 Å². The minimum atomic E-state index is -0.122. The van der Waals surface area contributed by atoms with E-state index in [0.29, 0.717) is 17.9 Å². The molecule has 15 heavy (non-hydrogen) atoms. The maximum atomic E-state index is 11.8. The summed E-state index contributed by atoms with van der Waals surface area (Å²) in [5.74, 6) is -0.122. The van der Waals surface area contributed by atoms with Gasteiger partial charge in [0.25, 0.3) is 5.91 Å². The number of aryl methyl sites for hydroxylation is 1. The number of carbonyl (C=O) groups excluding carboxylic acids is 1. The molecule has 1 fully saturated rings. The van der Waals surface area contributed by atoms with Crippen LogP contribution in [0.4, 0.5) is 0 Å². The van der Waals surface area contributed by atoms with Crippen molar-refractivity contribution in [2.75, 3.05) is 13.2 Å². The summed E-state index contributed by atoms with van der Waals surface area (Å²) in [7, 11) is 0. The van der Waals surface area contributed by atoms with Gasteiger partial charge in [-0.1, -0.05) is 0 Å². The molecule has 1 atom stereocenters. The van der Waals surface area contributed by atoms with Crippen molar-refractivity contribution < 1.29 is 9.53 Å². The number of ether oxygens (including phenoxy) is 1. The highest BCUT2D eigenvalue weighted by molar-refractivity contribution is 5.95. The molecular formula is C10H13N3O2. The topological polar surface area (TPSA) is 64.1 Å². The van der Waals surface area contributed by atoms with E-state index >= 15 is 0 Å². The van der Waals surface area contributed by atoms with Gasteiger partial charge in [-0.05, 0) is 13.3 Å². The van der Waals surface area contributed by atoms with Crippen LogP contribution >= 0.6 is 0 Å². The second kappa shape index (κ2) is 4.35. The molecule has 1 aromatic rings. The predicted molar refractivity (Wildman–Crippen MR) is 53.5 cm³/mol. The highest BCUT2D eigenvalue weighted by Gasteiger charge is 2.19. The van der Waals surface area contributed by atoms with Crippen molar-refractivity contribution in [1.82, 2.24) is 15.3 Å². The lowest BCUT2D eigenvalue weighted by Crippen LogP contribution is -2.35. The van der Waals surface area contributed by atoms with Crippen molar-refractivity contribution in [1.29, 1.82) is 0 Å². The monoisotopic (exact) mass is 207 g/mol. The zero-order valence-electron chi connectivity index (χ0n) is 8.56. The van der Waals surface area contributed by atoms with Crippen molar-refractivity contribution in [3.05, 3.63) is 23.8 Å². The van der Waals surface area contributed by atoms with E-state index in [9.17, 15) is 4.79 Å². The lowest BCUT2D eigenvalue weighted by atomic mass is 10.2. The Bertz CT molecular complexity index is 361. The molecule has 5 heteroatoms. The summed E-state index contributed by atoms with van der Waals surface area (Å²) in [6.45, 7) is 3.11. The molecule has 1 aliphatic heterocycles. The summed E-state index contributed by atoms with van der Waals surface area (Å²) in [5, 5.41) is 2.89. The minimum absolute atomic E-state index is 0.122. The van der Waals surface area contributed by atoms with Crippen LogP contribution in [0.25, 0.3) is 0 Å². The summed E-state index contributed by atoms with van der Waals surface area (Å²) >= 11 is 0. The van der Waals surface area contributed by atoms with E-state index in [1.54, 1.807) is 6.92 Å². The Labute approximate surface area is 87.9 Å². The normalized spacial score (nSPS) is 20.2. The quantitative estimate of drug-likeness (QED) is 0.757. The smallest absolute Gasteiger partial charge is 0.254 e. The Morgan fingerprint density at radius 1 is 1.67 bits per heavy atom. The lowest BCUT2D eigenvalue weighted by Gasteiger charge is -2.10. The molecule has 0 saturated carbocycles. The second-order valence-electron chi connectivity index (χ2n) is 3.56. The number of rotatable bonds is 2. The molecular weight excluding hydrogens is 194 g/mol. The Morgan fingerprint density at radius 3 is 3.20 bits per heavy atom. The summed E-state index contributed by atoms with van der Waals surface area (Å²) in [5.41, 5.74) is 1.23. The van der Waals surface area contributed by atoms with Crippen LogP contribution in [0.1, 0.15) is 22.5 Å². The molecule has 1 aliphatic rings. The highest BCUT2D eigenvalue weighted by Crippen LogP contribution is 2.06. The third-order valence-corrected chi connectivity index (χ3v) is 2.42. The molecule has 1 amide bonds. The van der Waals surface area contributed by atoms with Gasteiger partial charge in [0.05, 0.1) is 23.9 Å². The number of nitrogens with one attached hydrogen (secondary N) is 1. The van der Waals surface area contributed by atoms with E-state index in [2.05, 4.69) is 15.3 Å². The van der Waals surface area contributed by atoms with Gasteiger partial charge in [0.15, 0.2) is 0 Å². The largest absolute Gasteiger partial charge is 0.379 e. The molecule has 0 bridgehead atoms. The summed E-state index contributed by atoms with van der Waals surface area (Å²) in [6, 6.07) is 0.122. The summed E-state index contributed by atoms with van der Waals surface area (Å²) in [4.78, 5) is 19.6. The van der Waals surface area contributed by atoms with Crippen molar-refractivity contribution in [2.45, 2.75) is 19.4 Å². The average Bonchev–Trinajstić information content (AvgIpc) is 2.71. The van der Waals surface area contributed by atoms with Crippen LogP contribution in [-0.2, 0) is 4.74 Å². The number of hydrogen-bond acceptors (Lipinski definition) is 4. The minimum Gasteiger partial charge on any atom is -0.379 e. The van der Waals surface area contributed by atoms with Gasteiger partial charge < -0.3 is 10.1 Å². The molecule has 1 unspecified atom stereocenters. The molecule has 0 radical (unpaired) electrons. The van der Waals surface area contributed by atoms with Crippen LogP contribution < -0.4 is 5.32 Å². The molecule has 0 aliphatic carbocycles.